The molecule has 0 N–H and O–H groups in total. The van der Waals surface area contributed by atoms with Gasteiger partial charge in [-0.2, -0.15) is 0 Å². The number of rotatable bonds is 7. The lowest BCUT2D eigenvalue weighted by Gasteiger charge is -2.23. The number of ether oxygens (including phenoxy) is 1. The van der Waals surface area contributed by atoms with Gasteiger partial charge in [0.2, 0.25) is 0 Å². The first-order valence-corrected chi connectivity index (χ1v) is 7.97. The maximum absolute atomic E-state index is 13.8. The maximum Gasteiger partial charge on any atom is 0.166 e. The molecular formula is C18H24F2O. The van der Waals surface area contributed by atoms with Crippen LogP contribution in [0.3, 0.4) is 0 Å². The van der Waals surface area contributed by atoms with Crippen molar-refractivity contribution in [3.05, 3.63) is 41.5 Å². The van der Waals surface area contributed by atoms with Gasteiger partial charge >= 0.3 is 0 Å². The topological polar surface area (TPSA) is 9.23 Å². The molecule has 1 aliphatic rings. The van der Waals surface area contributed by atoms with Crippen LogP contribution in [-0.2, 0) is 4.74 Å². The molecule has 0 heterocycles. The first-order valence-electron chi connectivity index (χ1n) is 7.97. The van der Waals surface area contributed by atoms with Gasteiger partial charge in [-0.1, -0.05) is 44.4 Å². The number of benzene rings is 1. The highest BCUT2D eigenvalue weighted by atomic mass is 19.2. The van der Waals surface area contributed by atoms with Crippen molar-refractivity contribution < 1.29 is 13.5 Å². The summed E-state index contributed by atoms with van der Waals surface area (Å²) in [6.45, 7) is 3.00. The Morgan fingerprint density at radius 2 is 2.05 bits per heavy atom. The van der Waals surface area contributed by atoms with E-state index in [1.807, 2.05) is 6.08 Å². The minimum Gasteiger partial charge on any atom is -0.378 e. The van der Waals surface area contributed by atoms with Crippen LogP contribution in [-0.4, -0.2) is 12.7 Å². The molecule has 1 aliphatic carbocycles. The molecule has 0 saturated heterocycles. The van der Waals surface area contributed by atoms with Gasteiger partial charge in [-0.3, -0.25) is 0 Å². The third-order valence-corrected chi connectivity index (χ3v) is 4.01. The summed E-state index contributed by atoms with van der Waals surface area (Å²) in [5, 5.41) is 0. The second-order valence-corrected chi connectivity index (χ2v) is 5.66. The Morgan fingerprint density at radius 1 is 1.19 bits per heavy atom. The third kappa shape index (κ3) is 4.63. The molecule has 0 radical (unpaired) electrons. The van der Waals surface area contributed by atoms with Gasteiger partial charge in [0.05, 0.1) is 6.10 Å². The largest absolute Gasteiger partial charge is 0.378 e. The van der Waals surface area contributed by atoms with Gasteiger partial charge in [0, 0.05) is 12.2 Å². The van der Waals surface area contributed by atoms with E-state index in [1.54, 1.807) is 12.1 Å². The molecule has 1 aromatic rings. The summed E-state index contributed by atoms with van der Waals surface area (Å²) in [4.78, 5) is 0. The summed E-state index contributed by atoms with van der Waals surface area (Å²) in [5.74, 6) is -1.51. The predicted octanol–water partition coefficient (Wildman–Crippen LogP) is 5.50. The molecule has 21 heavy (non-hydrogen) atoms. The van der Waals surface area contributed by atoms with Gasteiger partial charge in [0.1, 0.15) is 0 Å². The minimum atomic E-state index is -0.775. The molecule has 0 spiro atoms. The summed E-state index contributed by atoms with van der Waals surface area (Å²) in [7, 11) is 0. The van der Waals surface area contributed by atoms with Crippen molar-refractivity contribution in [1.29, 1.82) is 0 Å². The molecule has 0 amide bonds. The van der Waals surface area contributed by atoms with Gasteiger partial charge in [0.15, 0.2) is 11.6 Å². The quantitative estimate of drug-likeness (QED) is 0.603. The average molecular weight is 294 g/mol. The average Bonchev–Trinajstić information content (AvgIpc) is 2.51. The lowest BCUT2D eigenvalue weighted by molar-refractivity contribution is 0.0458. The summed E-state index contributed by atoms with van der Waals surface area (Å²) in [6.07, 6.45) is 9.48. The SMILES string of the molecule is CCCCCCOC1CC=C(c2cccc(F)c2F)CC1. The van der Waals surface area contributed by atoms with Gasteiger partial charge in [-0.05, 0) is 37.3 Å². The zero-order chi connectivity index (χ0) is 15.1. The van der Waals surface area contributed by atoms with Crippen LogP contribution < -0.4 is 0 Å². The standard InChI is InChI=1S/C18H24F2O/c1-2-3-4-5-13-21-15-11-9-14(10-12-15)16-7-6-8-17(19)18(16)20/h6-9,15H,2-5,10-13H2,1H3. The fourth-order valence-corrected chi connectivity index (χ4v) is 2.74. The fraction of sp³-hybridized carbons (Fsp3) is 0.556. The first-order chi connectivity index (χ1) is 10.2. The van der Waals surface area contributed by atoms with Crippen molar-refractivity contribution in [2.24, 2.45) is 0 Å². The summed E-state index contributed by atoms with van der Waals surface area (Å²) >= 11 is 0. The van der Waals surface area contributed by atoms with Crippen LogP contribution in [0.1, 0.15) is 57.4 Å². The predicted molar refractivity (Wildman–Crippen MR) is 82.1 cm³/mol. The van der Waals surface area contributed by atoms with E-state index in [2.05, 4.69) is 6.92 Å². The molecule has 0 aliphatic heterocycles. The van der Waals surface area contributed by atoms with E-state index in [1.165, 1.54) is 19.3 Å². The highest BCUT2D eigenvalue weighted by Gasteiger charge is 2.18. The van der Waals surface area contributed by atoms with Crippen molar-refractivity contribution in [2.45, 2.75) is 58.0 Å². The first kappa shape index (κ1) is 16.2. The summed E-state index contributed by atoms with van der Waals surface area (Å²) < 4.78 is 32.9. The van der Waals surface area contributed by atoms with E-state index < -0.39 is 11.6 Å². The van der Waals surface area contributed by atoms with Crippen molar-refractivity contribution in [2.75, 3.05) is 6.61 Å². The van der Waals surface area contributed by atoms with E-state index in [-0.39, 0.29) is 6.10 Å². The fourth-order valence-electron chi connectivity index (χ4n) is 2.74. The summed E-state index contributed by atoms with van der Waals surface area (Å²) in [5.41, 5.74) is 1.30. The Hall–Kier alpha value is -1.22. The van der Waals surface area contributed by atoms with Crippen molar-refractivity contribution >= 4 is 5.57 Å². The third-order valence-electron chi connectivity index (χ3n) is 4.01. The molecule has 0 fully saturated rings. The van der Waals surface area contributed by atoms with Crippen molar-refractivity contribution in [3.8, 4) is 0 Å². The molecule has 116 valence electrons. The Labute approximate surface area is 126 Å². The molecule has 1 aromatic carbocycles. The lowest BCUT2D eigenvalue weighted by Crippen LogP contribution is -2.16. The van der Waals surface area contributed by atoms with Crippen LogP contribution in [0.4, 0.5) is 8.78 Å². The summed E-state index contributed by atoms with van der Waals surface area (Å²) in [6, 6.07) is 4.37. The Kier molecular flexibility index (Phi) is 6.37. The Balaban J connectivity index is 1.83. The van der Waals surface area contributed by atoms with E-state index >= 15 is 0 Å². The molecule has 1 nitrogen and oxygen atoms in total. The minimum absolute atomic E-state index is 0.229. The Morgan fingerprint density at radius 3 is 2.76 bits per heavy atom. The van der Waals surface area contributed by atoms with E-state index in [0.29, 0.717) is 5.56 Å². The molecular weight excluding hydrogens is 270 g/mol. The zero-order valence-corrected chi connectivity index (χ0v) is 12.7. The molecule has 0 aromatic heterocycles. The molecule has 3 heteroatoms. The monoisotopic (exact) mass is 294 g/mol. The van der Waals surface area contributed by atoms with Gasteiger partial charge < -0.3 is 4.74 Å². The van der Waals surface area contributed by atoms with Gasteiger partial charge in [-0.15, -0.1) is 0 Å². The van der Waals surface area contributed by atoms with Crippen molar-refractivity contribution in [1.82, 2.24) is 0 Å². The normalized spacial score (nSPS) is 18.6. The zero-order valence-electron chi connectivity index (χ0n) is 12.7. The molecule has 0 saturated carbocycles. The highest BCUT2D eigenvalue weighted by Crippen LogP contribution is 2.30. The Bertz CT molecular complexity index is 482. The number of halogens is 2. The van der Waals surface area contributed by atoms with Crippen LogP contribution >= 0.6 is 0 Å². The molecule has 1 unspecified atom stereocenters. The van der Waals surface area contributed by atoms with Crippen LogP contribution in [0.15, 0.2) is 24.3 Å². The van der Waals surface area contributed by atoms with E-state index in [4.69, 9.17) is 4.74 Å². The second-order valence-electron chi connectivity index (χ2n) is 5.66. The molecule has 1 atom stereocenters. The number of hydrogen-bond acceptors (Lipinski definition) is 1. The smallest absolute Gasteiger partial charge is 0.166 e. The number of unbranched alkanes of at least 4 members (excludes halogenated alkanes) is 3. The van der Waals surface area contributed by atoms with Gasteiger partial charge in [0.25, 0.3) is 0 Å². The second kappa shape index (κ2) is 8.28. The molecule has 2 rings (SSSR count). The van der Waals surface area contributed by atoms with Crippen molar-refractivity contribution in [3.63, 3.8) is 0 Å². The number of allylic oxidation sites excluding steroid dienone is 1. The van der Waals surface area contributed by atoms with Crippen LogP contribution in [0.2, 0.25) is 0 Å². The number of hydrogen-bond donors (Lipinski definition) is 0. The van der Waals surface area contributed by atoms with Crippen LogP contribution in [0, 0.1) is 11.6 Å². The lowest BCUT2D eigenvalue weighted by atomic mass is 9.91. The van der Waals surface area contributed by atoms with Gasteiger partial charge in [-0.25, -0.2) is 8.78 Å². The molecule has 0 bridgehead atoms. The highest BCUT2D eigenvalue weighted by molar-refractivity contribution is 5.66. The van der Waals surface area contributed by atoms with Crippen LogP contribution in [0.25, 0.3) is 5.57 Å². The van der Waals surface area contributed by atoms with E-state index in [9.17, 15) is 8.78 Å². The maximum atomic E-state index is 13.8. The van der Waals surface area contributed by atoms with E-state index in [0.717, 1.165) is 43.9 Å². The van der Waals surface area contributed by atoms with Crippen LogP contribution in [0.5, 0.6) is 0 Å².